The Kier molecular flexibility index (Phi) is 5.27. The zero-order valence-corrected chi connectivity index (χ0v) is 17.5. The molecule has 1 amide bonds. The molecule has 1 heterocycles. The van der Waals surface area contributed by atoms with Crippen LogP contribution in [0.15, 0.2) is 84.9 Å². The van der Waals surface area contributed by atoms with E-state index in [0.717, 1.165) is 18.5 Å². The third-order valence-corrected chi connectivity index (χ3v) is 5.84. The first-order valence-electron chi connectivity index (χ1n) is 10.5. The largest absolute Gasteiger partial charge is 0.308 e. The lowest BCUT2D eigenvalue weighted by molar-refractivity contribution is -0.126. The van der Waals surface area contributed by atoms with Gasteiger partial charge in [-0.05, 0) is 35.6 Å². The van der Waals surface area contributed by atoms with Crippen LogP contribution in [-0.4, -0.2) is 11.9 Å². The fourth-order valence-electron chi connectivity index (χ4n) is 4.44. The van der Waals surface area contributed by atoms with Gasteiger partial charge in [-0.15, -0.1) is 0 Å². The number of anilines is 1. The topological polar surface area (TPSA) is 20.3 Å². The minimum Gasteiger partial charge on any atom is -0.308 e. The SMILES string of the molecule is CC(C)(C)C(=O)N1c2ccccc2[C@@H](c2ccccc2)[C@@H]1CCc1ccccc1. The smallest absolute Gasteiger partial charge is 0.232 e. The maximum atomic E-state index is 13.6. The van der Waals surface area contributed by atoms with E-state index in [0.29, 0.717) is 0 Å². The molecule has 0 N–H and O–H groups in total. The van der Waals surface area contributed by atoms with Crippen molar-refractivity contribution in [1.29, 1.82) is 0 Å². The van der Waals surface area contributed by atoms with Crippen LogP contribution in [0.2, 0.25) is 0 Å². The number of para-hydroxylation sites is 1. The normalized spacial score (nSPS) is 18.5. The van der Waals surface area contributed by atoms with Crippen LogP contribution in [-0.2, 0) is 11.2 Å². The fraction of sp³-hybridized carbons (Fsp3) is 0.296. The van der Waals surface area contributed by atoms with Crippen molar-refractivity contribution < 1.29 is 4.79 Å². The third-order valence-electron chi connectivity index (χ3n) is 5.84. The zero-order chi connectivity index (χ0) is 20.4. The van der Waals surface area contributed by atoms with Crippen LogP contribution in [0.1, 0.15) is 49.8 Å². The van der Waals surface area contributed by atoms with E-state index >= 15 is 0 Å². The third kappa shape index (κ3) is 3.85. The molecule has 0 bridgehead atoms. The first kappa shape index (κ1) is 19.4. The summed E-state index contributed by atoms with van der Waals surface area (Å²) in [5.41, 5.74) is 4.50. The first-order chi connectivity index (χ1) is 14.0. The van der Waals surface area contributed by atoms with Gasteiger partial charge in [-0.3, -0.25) is 4.79 Å². The summed E-state index contributed by atoms with van der Waals surface area (Å²) in [5, 5.41) is 0. The summed E-state index contributed by atoms with van der Waals surface area (Å²) < 4.78 is 0. The molecular formula is C27H29NO. The van der Waals surface area contributed by atoms with Crippen LogP contribution in [0, 0.1) is 5.41 Å². The number of carbonyl (C=O) groups is 1. The number of amides is 1. The summed E-state index contributed by atoms with van der Waals surface area (Å²) in [6, 6.07) is 29.8. The second-order valence-corrected chi connectivity index (χ2v) is 8.96. The first-order valence-corrected chi connectivity index (χ1v) is 10.5. The number of benzene rings is 3. The van der Waals surface area contributed by atoms with Gasteiger partial charge in [0.15, 0.2) is 0 Å². The zero-order valence-electron chi connectivity index (χ0n) is 17.5. The molecule has 2 nitrogen and oxygen atoms in total. The molecular weight excluding hydrogens is 354 g/mol. The Balaban J connectivity index is 1.78. The lowest BCUT2D eigenvalue weighted by atomic mass is 9.84. The van der Waals surface area contributed by atoms with E-state index in [1.54, 1.807) is 0 Å². The number of aryl methyl sites for hydroxylation is 1. The lowest BCUT2D eigenvalue weighted by Gasteiger charge is -2.34. The van der Waals surface area contributed by atoms with Gasteiger partial charge in [-0.25, -0.2) is 0 Å². The molecule has 29 heavy (non-hydrogen) atoms. The molecule has 1 aliphatic rings. The number of hydrogen-bond acceptors (Lipinski definition) is 1. The molecule has 148 valence electrons. The minimum atomic E-state index is -0.427. The van der Waals surface area contributed by atoms with E-state index in [1.807, 2.05) is 26.8 Å². The van der Waals surface area contributed by atoms with Crippen LogP contribution >= 0.6 is 0 Å². The average molecular weight is 384 g/mol. The molecule has 2 atom stereocenters. The summed E-state index contributed by atoms with van der Waals surface area (Å²) in [6.07, 6.45) is 1.89. The molecule has 0 saturated heterocycles. The molecule has 2 heteroatoms. The van der Waals surface area contributed by atoms with Crippen LogP contribution in [0.25, 0.3) is 0 Å². The molecule has 3 aromatic rings. The van der Waals surface area contributed by atoms with Crippen molar-refractivity contribution in [2.45, 2.75) is 45.6 Å². The maximum absolute atomic E-state index is 13.6. The van der Waals surface area contributed by atoms with Gasteiger partial charge in [0.25, 0.3) is 0 Å². The highest BCUT2D eigenvalue weighted by Gasteiger charge is 2.44. The maximum Gasteiger partial charge on any atom is 0.232 e. The number of nitrogens with zero attached hydrogens (tertiary/aromatic N) is 1. The van der Waals surface area contributed by atoms with Crippen molar-refractivity contribution in [3.63, 3.8) is 0 Å². The van der Waals surface area contributed by atoms with Gasteiger partial charge in [-0.2, -0.15) is 0 Å². The molecule has 0 radical (unpaired) electrons. The van der Waals surface area contributed by atoms with Gasteiger partial charge in [0.05, 0.1) is 0 Å². The Morgan fingerprint density at radius 2 is 1.41 bits per heavy atom. The van der Waals surface area contributed by atoms with E-state index in [4.69, 9.17) is 0 Å². The van der Waals surface area contributed by atoms with Crippen LogP contribution in [0.3, 0.4) is 0 Å². The molecule has 0 unspecified atom stereocenters. The molecule has 0 spiro atoms. The number of fused-ring (bicyclic) bond motifs is 1. The number of hydrogen-bond donors (Lipinski definition) is 0. The van der Waals surface area contributed by atoms with Gasteiger partial charge in [-0.1, -0.05) is 99.6 Å². The molecule has 0 fully saturated rings. The van der Waals surface area contributed by atoms with E-state index in [2.05, 4.69) is 83.8 Å². The summed E-state index contributed by atoms with van der Waals surface area (Å²) >= 11 is 0. The summed E-state index contributed by atoms with van der Waals surface area (Å²) in [6.45, 7) is 6.05. The Labute approximate surface area is 174 Å². The second kappa shape index (κ2) is 7.87. The standard InChI is InChI=1S/C27H29NO/c1-27(2,3)26(29)28-23-17-11-10-16-22(23)25(21-14-8-5-9-15-21)24(28)19-18-20-12-6-4-7-13-20/h4-17,24-25H,18-19H2,1-3H3/t24-,25+/m0/s1. The van der Waals surface area contributed by atoms with Gasteiger partial charge >= 0.3 is 0 Å². The van der Waals surface area contributed by atoms with Gasteiger partial charge in [0.2, 0.25) is 5.91 Å². The Morgan fingerprint density at radius 3 is 2.07 bits per heavy atom. The summed E-state index contributed by atoms with van der Waals surface area (Å²) in [5.74, 6) is 0.392. The minimum absolute atomic E-state index is 0.113. The summed E-state index contributed by atoms with van der Waals surface area (Å²) in [4.78, 5) is 15.6. The number of rotatable bonds is 4. The van der Waals surface area contributed by atoms with E-state index in [-0.39, 0.29) is 17.9 Å². The van der Waals surface area contributed by atoms with Crippen LogP contribution in [0.5, 0.6) is 0 Å². The van der Waals surface area contributed by atoms with Crippen molar-refractivity contribution in [3.05, 3.63) is 102 Å². The van der Waals surface area contributed by atoms with Crippen molar-refractivity contribution in [1.82, 2.24) is 0 Å². The molecule has 4 rings (SSSR count). The van der Waals surface area contributed by atoms with Gasteiger partial charge in [0.1, 0.15) is 0 Å². The fourth-order valence-corrected chi connectivity index (χ4v) is 4.44. The second-order valence-electron chi connectivity index (χ2n) is 8.96. The highest BCUT2D eigenvalue weighted by Crippen LogP contribution is 2.47. The Bertz CT molecular complexity index is 972. The average Bonchev–Trinajstić information content (AvgIpc) is 3.06. The predicted octanol–water partition coefficient (Wildman–Crippen LogP) is 6.21. The van der Waals surface area contributed by atoms with E-state index in [9.17, 15) is 4.79 Å². The van der Waals surface area contributed by atoms with Crippen LogP contribution in [0.4, 0.5) is 5.69 Å². The predicted molar refractivity (Wildman–Crippen MR) is 120 cm³/mol. The molecule has 3 aromatic carbocycles. The van der Waals surface area contributed by atoms with Gasteiger partial charge < -0.3 is 4.90 Å². The van der Waals surface area contributed by atoms with Crippen molar-refractivity contribution in [2.24, 2.45) is 5.41 Å². The lowest BCUT2D eigenvalue weighted by Crippen LogP contribution is -2.45. The highest BCUT2D eigenvalue weighted by molar-refractivity contribution is 6.00. The van der Waals surface area contributed by atoms with Crippen LogP contribution < -0.4 is 4.90 Å². The highest BCUT2D eigenvalue weighted by atomic mass is 16.2. The number of carbonyl (C=O) groups excluding carboxylic acids is 1. The van der Waals surface area contributed by atoms with Crippen molar-refractivity contribution in [2.75, 3.05) is 4.90 Å². The molecule has 1 aliphatic heterocycles. The van der Waals surface area contributed by atoms with Crippen molar-refractivity contribution in [3.8, 4) is 0 Å². The van der Waals surface area contributed by atoms with Gasteiger partial charge in [0, 0.05) is 23.1 Å². The van der Waals surface area contributed by atoms with Crippen molar-refractivity contribution >= 4 is 11.6 Å². The monoisotopic (exact) mass is 383 g/mol. The quantitative estimate of drug-likeness (QED) is 0.524. The van der Waals surface area contributed by atoms with E-state index < -0.39 is 5.41 Å². The summed E-state index contributed by atoms with van der Waals surface area (Å²) in [7, 11) is 0. The Morgan fingerprint density at radius 1 is 0.828 bits per heavy atom. The molecule has 0 aromatic heterocycles. The Hall–Kier alpha value is -2.87. The van der Waals surface area contributed by atoms with E-state index in [1.165, 1.54) is 16.7 Å². The molecule has 0 saturated carbocycles. The molecule has 0 aliphatic carbocycles.